The SMILES string of the molecule is CC(=O)N1CCC[C@H]1C(=O)NCCNc1ncc(Cl)cc1Cl. The van der Waals surface area contributed by atoms with Gasteiger partial charge in [-0.3, -0.25) is 9.59 Å². The molecule has 0 saturated carbocycles. The highest BCUT2D eigenvalue weighted by molar-refractivity contribution is 6.35. The highest BCUT2D eigenvalue weighted by Gasteiger charge is 2.31. The quantitative estimate of drug-likeness (QED) is 0.800. The average molecular weight is 345 g/mol. The van der Waals surface area contributed by atoms with Gasteiger partial charge in [0.15, 0.2) is 0 Å². The summed E-state index contributed by atoms with van der Waals surface area (Å²) >= 11 is 11.8. The highest BCUT2D eigenvalue weighted by Crippen LogP contribution is 2.22. The zero-order valence-electron chi connectivity index (χ0n) is 12.2. The van der Waals surface area contributed by atoms with Gasteiger partial charge in [0.1, 0.15) is 11.9 Å². The fourth-order valence-electron chi connectivity index (χ4n) is 2.45. The fraction of sp³-hybridized carbons (Fsp3) is 0.500. The number of pyridine rings is 1. The summed E-state index contributed by atoms with van der Waals surface area (Å²) in [6.45, 7) is 3.03. The number of aromatic nitrogens is 1. The predicted octanol–water partition coefficient (Wildman–Crippen LogP) is 1.93. The molecule has 6 nitrogen and oxygen atoms in total. The van der Waals surface area contributed by atoms with Crippen molar-refractivity contribution in [1.29, 1.82) is 0 Å². The van der Waals surface area contributed by atoms with Gasteiger partial charge in [-0.25, -0.2) is 4.98 Å². The first-order valence-corrected chi connectivity index (χ1v) is 7.84. The maximum Gasteiger partial charge on any atom is 0.242 e. The number of carbonyl (C=O) groups excluding carboxylic acids is 2. The number of hydrogen-bond acceptors (Lipinski definition) is 4. The summed E-state index contributed by atoms with van der Waals surface area (Å²) < 4.78 is 0. The van der Waals surface area contributed by atoms with E-state index < -0.39 is 0 Å². The van der Waals surface area contributed by atoms with Crippen molar-refractivity contribution in [2.75, 3.05) is 25.0 Å². The van der Waals surface area contributed by atoms with Gasteiger partial charge in [0, 0.05) is 32.8 Å². The minimum Gasteiger partial charge on any atom is -0.367 e. The number of rotatable bonds is 5. The van der Waals surface area contributed by atoms with Crippen molar-refractivity contribution in [3.8, 4) is 0 Å². The van der Waals surface area contributed by atoms with Crippen LogP contribution in [-0.2, 0) is 9.59 Å². The Morgan fingerprint density at radius 2 is 2.18 bits per heavy atom. The average Bonchev–Trinajstić information content (AvgIpc) is 2.95. The van der Waals surface area contributed by atoms with Crippen molar-refractivity contribution in [1.82, 2.24) is 15.2 Å². The van der Waals surface area contributed by atoms with Gasteiger partial charge < -0.3 is 15.5 Å². The molecule has 2 rings (SSSR count). The molecule has 1 aromatic rings. The Labute approximate surface area is 139 Å². The molecule has 1 atom stereocenters. The molecule has 0 radical (unpaired) electrons. The Morgan fingerprint density at radius 3 is 2.86 bits per heavy atom. The number of nitrogens with one attached hydrogen (secondary N) is 2. The van der Waals surface area contributed by atoms with Crippen LogP contribution in [0.4, 0.5) is 5.82 Å². The van der Waals surface area contributed by atoms with E-state index in [0.29, 0.717) is 41.9 Å². The monoisotopic (exact) mass is 344 g/mol. The number of likely N-dealkylation sites (tertiary alicyclic amines) is 1. The van der Waals surface area contributed by atoms with Crippen molar-refractivity contribution in [2.45, 2.75) is 25.8 Å². The highest BCUT2D eigenvalue weighted by atomic mass is 35.5. The van der Waals surface area contributed by atoms with Gasteiger partial charge in [0.2, 0.25) is 11.8 Å². The molecule has 0 bridgehead atoms. The van der Waals surface area contributed by atoms with Crippen LogP contribution in [0.3, 0.4) is 0 Å². The van der Waals surface area contributed by atoms with Crippen molar-refractivity contribution in [3.63, 3.8) is 0 Å². The predicted molar refractivity (Wildman–Crippen MR) is 86.2 cm³/mol. The lowest BCUT2D eigenvalue weighted by Gasteiger charge is -2.22. The van der Waals surface area contributed by atoms with E-state index >= 15 is 0 Å². The fourth-order valence-corrected chi connectivity index (χ4v) is 2.89. The molecular formula is C14H18Cl2N4O2. The first-order valence-electron chi connectivity index (χ1n) is 7.09. The van der Waals surface area contributed by atoms with Crippen molar-refractivity contribution in [3.05, 3.63) is 22.3 Å². The van der Waals surface area contributed by atoms with Crippen LogP contribution < -0.4 is 10.6 Å². The summed E-state index contributed by atoms with van der Waals surface area (Å²) in [7, 11) is 0. The van der Waals surface area contributed by atoms with E-state index in [1.807, 2.05) is 0 Å². The molecule has 0 unspecified atom stereocenters. The van der Waals surface area contributed by atoms with Gasteiger partial charge in [-0.2, -0.15) is 0 Å². The number of nitrogens with zero attached hydrogens (tertiary/aromatic N) is 2. The van der Waals surface area contributed by atoms with Crippen molar-refractivity contribution in [2.24, 2.45) is 0 Å². The summed E-state index contributed by atoms with van der Waals surface area (Å²) in [5, 5.41) is 6.74. The molecule has 0 aliphatic carbocycles. The van der Waals surface area contributed by atoms with Crippen LogP contribution in [0.5, 0.6) is 0 Å². The van der Waals surface area contributed by atoms with E-state index in [1.54, 1.807) is 11.0 Å². The summed E-state index contributed by atoms with van der Waals surface area (Å²) in [6, 6.07) is 1.25. The van der Waals surface area contributed by atoms with Gasteiger partial charge in [-0.05, 0) is 18.9 Å². The Bertz CT molecular complexity index is 568. The number of carbonyl (C=O) groups is 2. The van der Waals surface area contributed by atoms with E-state index in [9.17, 15) is 9.59 Å². The summed E-state index contributed by atoms with van der Waals surface area (Å²) in [5.74, 6) is 0.337. The molecule has 1 fully saturated rings. The van der Waals surface area contributed by atoms with Gasteiger partial charge in [-0.1, -0.05) is 23.2 Å². The molecule has 0 spiro atoms. The molecule has 8 heteroatoms. The lowest BCUT2D eigenvalue weighted by atomic mass is 10.2. The zero-order valence-corrected chi connectivity index (χ0v) is 13.7. The Kier molecular flexibility index (Phi) is 5.85. The summed E-state index contributed by atoms with van der Waals surface area (Å²) in [4.78, 5) is 29.2. The number of halogens is 2. The minimum absolute atomic E-state index is 0.0621. The van der Waals surface area contributed by atoms with Gasteiger partial charge in [0.25, 0.3) is 0 Å². The second-order valence-electron chi connectivity index (χ2n) is 5.07. The number of hydrogen-bond donors (Lipinski definition) is 2. The van der Waals surface area contributed by atoms with Crippen LogP contribution in [0.25, 0.3) is 0 Å². The molecule has 1 aliphatic heterocycles. The molecule has 22 heavy (non-hydrogen) atoms. The summed E-state index contributed by atoms with van der Waals surface area (Å²) in [6.07, 6.45) is 3.07. The third kappa shape index (κ3) is 4.24. The number of amides is 2. The molecule has 2 amide bonds. The molecule has 1 aromatic heterocycles. The third-order valence-electron chi connectivity index (χ3n) is 3.48. The minimum atomic E-state index is -0.352. The molecule has 1 aliphatic rings. The van der Waals surface area contributed by atoms with Gasteiger partial charge in [0.05, 0.1) is 10.0 Å². The van der Waals surface area contributed by atoms with E-state index in [2.05, 4.69) is 15.6 Å². The standard InChI is InChI=1S/C14H18Cl2N4O2/c1-9(21)20-6-2-3-12(20)14(22)18-5-4-17-13-11(16)7-10(15)8-19-13/h7-8,12H,2-6H2,1H3,(H,17,19)(H,18,22)/t12-/m0/s1. The third-order valence-corrected chi connectivity index (χ3v) is 3.98. The van der Waals surface area contributed by atoms with Gasteiger partial charge >= 0.3 is 0 Å². The maximum absolute atomic E-state index is 12.1. The number of anilines is 1. The van der Waals surface area contributed by atoms with Crippen LogP contribution >= 0.6 is 23.2 Å². The lowest BCUT2D eigenvalue weighted by Crippen LogP contribution is -2.46. The lowest BCUT2D eigenvalue weighted by molar-refractivity contribution is -0.136. The Morgan fingerprint density at radius 1 is 1.41 bits per heavy atom. The topological polar surface area (TPSA) is 74.3 Å². The van der Waals surface area contributed by atoms with E-state index in [1.165, 1.54) is 13.1 Å². The zero-order chi connectivity index (χ0) is 16.1. The van der Waals surface area contributed by atoms with E-state index in [-0.39, 0.29) is 17.9 Å². The molecule has 0 aromatic carbocycles. The largest absolute Gasteiger partial charge is 0.367 e. The smallest absolute Gasteiger partial charge is 0.242 e. The first-order chi connectivity index (χ1) is 10.5. The molecule has 1 saturated heterocycles. The molecule has 2 N–H and O–H groups in total. The second-order valence-corrected chi connectivity index (χ2v) is 5.92. The normalized spacial score (nSPS) is 17.4. The van der Waals surface area contributed by atoms with Gasteiger partial charge in [-0.15, -0.1) is 0 Å². The van der Waals surface area contributed by atoms with Crippen LogP contribution in [0.1, 0.15) is 19.8 Å². The van der Waals surface area contributed by atoms with Crippen LogP contribution in [0, 0.1) is 0 Å². The van der Waals surface area contributed by atoms with Crippen molar-refractivity contribution < 1.29 is 9.59 Å². The van der Waals surface area contributed by atoms with E-state index in [4.69, 9.17) is 23.2 Å². The van der Waals surface area contributed by atoms with Crippen LogP contribution in [0.2, 0.25) is 10.0 Å². The molecule has 2 heterocycles. The molecule has 120 valence electrons. The first kappa shape index (κ1) is 16.8. The van der Waals surface area contributed by atoms with E-state index in [0.717, 1.165) is 6.42 Å². The summed E-state index contributed by atoms with van der Waals surface area (Å²) in [5.41, 5.74) is 0. The van der Waals surface area contributed by atoms with Crippen LogP contribution in [-0.4, -0.2) is 47.4 Å². The second kappa shape index (κ2) is 7.65. The van der Waals surface area contributed by atoms with Crippen LogP contribution in [0.15, 0.2) is 12.3 Å². The Hall–Kier alpha value is -1.53. The Balaban J connectivity index is 1.76. The molecular weight excluding hydrogens is 327 g/mol. The van der Waals surface area contributed by atoms with Crippen molar-refractivity contribution >= 4 is 40.8 Å². The maximum atomic E-state index is 12.1.